The summed E-state index contributed by atoms with van der Waals surface area (Å²) in [6, 6.07) is 0. The molecule has 0 saturated heterocycles. The van der Waals surface area contributed by atoms with Crippen LogP contribution in [-0.2, 0) is 6.54 Å². The van der Waals surface area contributed by atoms with Crippen LogP contribution in [0.15, 0.2) is 5.38 Å². The van der Waals surface area contributed by atoms with E-state index < -0.39 is 0 Å². The van der Waals surface area contributed by atoms with Crippen LogP contribution in [0.5, 0.6) is 0 Å². The van der Waals surface area contributed by atoms with Crippen LogP contribution in [-0.4, -0.2) is 15.0 Å². The Morgan fingerprint density at radius 3 is 2.60 bits per heavy atom. The molecule has 0 unspecified atom stereocenters. The summed E-state index contributed by atoms with van der Waals surface area (Å²) in [5, 5.41) is 6.47. The van der Waals surface area contributed by atoms with Crippen molar-refractivity contribution >= 4 is 23.0 Å². The van der Waals surface area contributed by atoms with Gasteiger partial charge in [-0.3, -0.25) is 0 Å². The number of hydrogen-bond acceptors (Lipinski definition) is 7. The molecule has 3 rings (SSSR count). The van der Waals surface area contributed by atoms with Gasteiger partial charge < -0.3 is 10.7 Å². The number of aryl methyl sites for hydroxylation is 1. The first kappa shape index (κ1) is 13.3. The Morgan fingerprint density at radius 1 is 1.25 bits per heavy atom. The van der Waals surface area contributed by atoms with Gasteiger partial charge in [0.15, 0.2) is 0 Å². The number of anilines is 2. The monoisotopic (exact) mass is 290 g/mol. The van der Waals surface area contributed by atoms with Crippen molar-refractivity contribution in [1.82, 2.24) is 15.0 Å². The molecule has 0 amide bonds. The lowest BCUT2D eigenvalue weighted by Crippen LogP contribution is -2.14. The van der Waals surface area contributed by atoms with E-state index in [1.165, 1.54) is 0 Å². The van der Waals surface area contributed by atoms with Crippen molar-refractivity contribution < 1.29 is 0 Å². The van der Waals surface area contributed by atoms with Gasteiger partial charge in [0, 0.05) is 16.9 Å². The number of hydrazine groups is 1. The second-order valence-electron chi connectivity index (χ2n) is 5.03. The van der Waals surface area contributed by atoms with Gasteiger partial charge in [0.1, 0.15) is 17.5 Å². The number of hydrogen-bond donors (Lipinski definition) is 3. The van der Waals surface area contributed by atoms with E-state index in [9.17, 15) is 0 Å². The lowest BCUT2D eigenvalue weighted by molar-refractivity contribution is 0.907. The van der Waals surface area contributed by atoms with E-state index in [2.05, 4.69) is 31.1 Å². The van der Waals surface area contributed by atoms with E-state index in [0.717, 1.165) is 40.7 Å². The zero-order chi connectivity index (χ0) is 14.1. The minimum atomic E-state index is 0.491. The number of thiazole rings is 1. The van der Waals surface area contributed by atoms with E-state index in [4.69, 9.17) is 5.84 Å². The number of nitrogen functional groups attached to an aromatic ring is 1. The van der Waals surface area contributed by atoms with Crippen LogP contribution in [0.4, 0.5) is 11.6 Å². The van der Waals surface area contributed by atoms with Gasteiger partial charge in [0.2, 0.25) is 0 Å². The maximum Gasteiger partial charge on any atom is 0.148 e. The third-order valence-electron chi connectivity index (χ3n) is 3.35. The van der Waals surface area contributed by atoms with Gasteiger partial charge in [-0.15, -0.1) is 11.3 Å². The maximum atomic E-state index is 5.54. The maximum absolute atomic E-state index is 5.54. The van der Waals surface area contributed by atoms with Crippen molar-refractivity contribution in [1.29, 1.82) is 0 Å². The lowest BCUT2D eigenvalue weighted by Gasteiger charge is -2.12. The molecule has 0 bridgehead atoms. The fraction of sp³-hybridized carbons (Fsp3) is 0.462. The Balaban J connectivity index is 1.81. The molecule has 20 heavy (non-hydrogen) atoms. The van der Waals surface area contributed by atoms with Gasteiger partial charge in [-0.05, 0) is 26.7 Å². The van der Waals surface area contributed by atoms with Crippen molar-refractivity contribution in [2.45, 2.75) is 39.2 Å². The van der Waals surface area contributed by atoms with Gasteiger partial charge in [0.25, 0.3) is 0 Å². The summed E-state index contributed by atoms with van der Waals surface area (Å²) in [4.78, 5) is 13.5. The van der Waals surface area contributed by atoms with E-state index in [-0.39, 0.29) is 0 Å². The molecule has 0 atom stereocenters. The van der Waals surface area contributed by atoms with Crippen LogP contribution in [0.25, 0.3) is 0 Å². The second-order valence-corrected chi connectivity index (χ2v) is 6.10. The van der Waals surface area contributed by atoms with Crippen molar-refractivity contribution in [3.05, 3.63) is 27.5 Å². The molecule has 2 heterocycles. The van der Waals surface area contributed by atoms with Gasteiger partial charge in [-0.1, -0.05) is 0 Å². The van der Waals surface area contributed by atoms with Crippen molar-refractivity contribution in [3.8, 4) is 0 Å². The molecule has 0 aromatic carbocycles. The largest absolute Gasteiger partial charge is 0.364 e. The molecule has 6 nitrogen and oxygen atoms in total. The SMILES string of the molecule is Cc1nc(CNc2nc(C3CC3)nc(NN)c2C)cs1. The molecule has 2 aromatic rings. The average Bonchev–Trinajstić information content (AvgIpc) is 3.21. The number of nitrogens with one attached hydrogen (secondary N) is 2. The average molecular weight is 290 g/mol. The topological polar surface area (TPSA) is 88.8 Å². The molecule has 0 spiro atoms. The molecule has 1 saturated carbocycles. The zero-order valence-corrected chi connectivity index (χ0v) is 12.4. The summed E-state index contributed by atoms with van der Waals surface area (Å²) in [6.07, 6.45) is 2.33. The first-order chi connectivity index (χ1) is 9.67. The van der Waals surface area contributed by atoms with Crippen LogP contribution in [0.2, 0.25) is 0 Å². The molecule has 2 aromatic heterocycles. The van der Waals surface area contributed by atoms with Gasteiger partial charge >= 0.3 is 0 Å². The second kappa shape index (κ2) is 5.34. The van der Waals surface area contributed by atoms with Crippen LogP contribution in [0.1, 0.15) is 40.8 Å². The Labute approximate surface area is 121 Å². The van der Waals surface area contributed by atoms with E-state index in [1.54, 1.807) is 11.3 Å². The first-order valence-corrected chi connectivity index (χ1v) is 7.55. The Hall–Kier alpha value is -1.73. The van der Waals surface area contributed by atoms with Gasteiger partial charge in [-0.25, -0.2) is 20.8 Å². The van der Waals surface area contributed by atoms with Crippen LogP contribution in [0.3, 0.4) is 0 Å². The molecular formula is C13H18N6S. The highest BCUT2D eigenvalue weighted by molar-refractivity contribution is 7.09. The number of nitrogens with zero attached hydrogens (tertiary/aromatic N) is 3. The quantitative estimate of drug-likeness (QED) is 0.578. The standard InChI is InChI=1S/C13H18N6S/c1-7-11(15-5-10-6-20-8(2)16-10)17-13(9-3-4-9)18-12(7)19-14/h6,9H,3-5,14H2,1-2H3,(H2,15,17,18,19). The zero-order valence-electron chi connectivity index (χ0n) is 11.6. The Morgan fingerprint density at radius 2 is 2.00 bits per heavy atom. The van der Waals surface area contributed by atoms with E-state index >= 15 is 0 Å². The Bertz CT molecular complexity index is 619. The van der Waals surface area contributed by atoms with Crippen LogP contribution < -0.4 is 16.6 Å². The highest BCUT2D eigenvalue weighted by Gasteiger charge is 2.28. The van der Waals surface area contributed by atoms with Crippen LogP contribution in [0, 0.1) is 13.8 Å². The summed E-state index contributed by atoms with van der Waals surface area (Å²) >= 11 is 1.65. The molecular weight excluding hydrogens is 272 g/mol. The predicted octanol–water partition coefficient (Wildman–Crippen LogP) is 2.33. The van der Waals surface area contributed by atoms with Crippen molar-refractivity contribution in [3.63, 3.8) is 0 Å². The fourth-order valence-electron chi connectivity index (χ4n) is 2.03. The van der Waals surface area contributed by atoms with Gasteiger partial charge in [0.05, 0.1) is 17.2 Å². The summed E-state index contributed by atoms with van der Waals surface area (Å²) in [5.74, 6) is 8.43. The molecule has 1 aliphatic carbocycles. The predicted molar refractivity (Wildman–Crippen MR) is 80.7 cm³/mol. The summed E-state index contributed by atoms with van der Waals surface area (Å²) in [6.45, 7) is 4.63. The normalized spacial score (nSPS) is 14.3. The highest BCUT2D eigenvalue weighted by Crippen LogP contribution is 2.39. The summed E-state index contributed by atoms with van der Waals surface area (Å²) < 4.78 is 0. The minimum absolute atomic E-state index is 0.491. The molecule has 106 valence electrons. The first-order valence-electron chi connectivity index (χ1n) is 6.67. The molecule has 4 N–H and O–H groups in total. The van der Waals surface area contributed by atoms with Crippen molar-refractivity contribution in [2.75, 3.05) is 10.7 Å². The molecule has 1 fully saturated rings. The lowest BCUT2D eigenvalue weighted by atomic mass is 10.2. The third-order valence-corrected chi connectivity index (χ3v) is 4.17. The highest BCUT2D eigenvalue weighted by atomic mass is 32.1. The number of rotatable bonds is 5. The summed E-state index contributed by atoms with van der Waals surface area (Å²) in [7, 11) is 0. The van der Waals surface area contributed by atoms with Gasteiger partial charge in [-0.2, -0.15) is 0 Å². The third kappa shape index (κ3) is 2.73. The molecule has 1 aliphatic rings. The van der Waals surface area contributed by atoms with E-state index in [1.807, 2.05) is 13.8 Å². The van der Waals surface area contributed by atoms with Crippen LogP contribution >= 0.6 is 11.3 Å². The number of nitrogens with two attached hydrogens (primary N) is 1. The van der Waals surface area contributed by atoms with Crippen molar-refractivity contribution in [2.24, 2.45) is 5.84 Å². The number of aromatic nitrogens is 3. The summed E-state index contributed by atoms with van der Waals surface area (Å²) in [5.41, 5.74) is 4.62. The molecule has 0 radical (unpaired) electrons. The minimum Gasteiger partial charge on any atom is -0.364 e. The smallest absolute Gasteiger partial charge is 0.148 e. The fourth-order valence-corrected chi connectivity index (χ4v) is 2.65. The molecule has 7 heteroatoms. The molecule has 0 aliphatic heterocycles. The Kier molecular flexibility index (Phi) is 3.54. The van der Waals surface area contributed by atoms with E-state index in [0.29, 0.717) is 18.3 Å².